The molecule has 25 heavy (non-hydrogen) atoms. The summed E-state index contributed by atoms with van der Waals surface area (Å²) in [5.74, 6) is 0.676. The Balaban J connectivity index is 1.98. The van der Waals surface area contributed by atoms with Gasteiger partial charge >= 0.3 is 0 Å². The number of carbonyl (C=O) groups is 1. The zero-order valence-corrected chi connectivity index (χ0v) is 14.9. The summed E-state index contributed by atoms with van der Waals surface area (Å²) in [4.78, 5) is 14.6. The summed E-state index contributed by atoms with van der Waals surface area (Å²) in [5, 5.41) is 7.10. The van der Waals surface area contributed by atoms with Crippen LogP contribution in [0.1, 0.15) is 40.3 Å². The topological polar surface area (TPSA) is 76.7 Å². The highest BCUT2D eigenvalue weighted by atomic mass is 16.7. The molecule has 7 nitrogen and oxygen atoms in total. The van der Waals surface area contributed by atoms with Crippen molar-refractivity contribution in [2.45, 2.75) is 26.2 Å². The lowest BCUT2D eigenvalue weighted by atomic mass is 9.99. The number of hydrogen-bond acceptors (Lipinski definition) is 5. The minimum atomic E-state index is -0.498. The SMILES string of the molecule is CCOc1ccc(C2c3c(n[nH]c3C)C(=O)N2CC(OC)OC)cc1. The normalized spacial score (nSPS) is 16.6. The minimum absolute atomic E-state index is 0.127. The molecule has 0 fully saturated rings. The molecule has 2 heterocycles. The van der Waals surface area contributed by atoms with Crippen LogP contribution >= 0.6 is 0 Å². The lowest BCUT2D eigenvalue weighted by Gasteiger charge is -2.29. The highest BCUT2D eigenvalue weighted by molar-refractivity contribution is 5.98. The summed E-state index contributed by atoms with van der Waals surface area (Å²) in [6.07, 6.45) is -0.498. The van der Waals surface area contributed by atoms with Crippen molar-refractivity contribution in [2.75, 3.05) is 27.4 Å². The molecule has 1 N–H and O–H groups in total. The predicted octanol–water partition coefficient (Wildman–Crippen LogP) is 2.28. The van der Waals surface area contributed by atoms with Crippen LogP contribution in [0.25, 0.3) is 0 Å². The van der Waals surface area contributed by atoms with Gasteiger partial charge in [0.25, 0.3) is 5.91 Å². The van der Waals surface area contributed by atoms with Gasteiger partial charge in [0.05, 0.1) is 19.2 Å². The van der Waals surface area contributed by atoms with Crippen molar-refractivity contribution in [1.82, 2.24) is 15.1 Å². The van der Waals surface area contributed by atoms with Gasteiger partial charge in [-0.2, -0.15) is 5.10 Å². The van der Waals surface area contributed by atoms with Gasteiger partial charge < -0.3 is 19.1 Å². The Kier molecular flexibility index (Phi) is 5.06. The third kappa shape index (κ3) is 3.12. The third-order valence-electron chi connectivity index (χ3n) is 4.42. The van der Waals surface area contributed by atoms with Crippen LogP contribution in [0.4, 0.5) is 0 Å². The Bertz CT molecular complexity index is 737. The quantitative estimate of drug-likeness (QED) is 0.779. The van der Waals surface area contributed by atoms with Crippen LogP contribution in [0.2, 0.25) is 0 Å². The van der Waals surface area contributed by atoms with Gasteiger partial charge in [-0.05, 0) is 31.5 Å². The number of rotatable bonds is 7. The molecular weight excluding hydrogens is 322 g/mol. The second-order valence-electron chi connectivity index (χ2n) is 5.87. The zero-order valence-electron chi connectivity index (χ0n) is 14.9. The number of aromatic amines is 1. The summed E-state index contributed by atoms with van der Waals surface area (Å²) in [5.41, 5.74) is 3.24. The molecule has 0 saturated carbocycles. The molecule has 0 saturated heterocycles. The predicted molar refractivity (Wildman–Crippen MR) is 91.6 cm³/mol. The Morgan fingerprint density at radius 1 is 1.24 bits per heavy atom. The van der Waals surface area contributed by atoms with E-state index in [0.717, 1.165) is 22.6 Å². The van der Waals surface area contributed by atoms with E-state index in [0.29, 0.717) is 18.8 Å². The fourth-order valence-electron chi connectivity index (χ4n) is 3.20. The highest BCUT2D eigenvalue weighted by Gasteiger charge is 2.42. The number of aryl methyl sites for hydroxylation is 1. The number of amides is 1. The first-order valence-corrected chi connectivity index (χ1v) is 8.24. The molecule has 3 rings (SSSR count). The van der Waals surface area contributed by atoms with E-state index < -0.39 is 6.29 Å². The Hall–Kier alpha value is -2.38. The maximum Gasteiger partial charge on any atom is 0.275 e. The molecule has 1 atom stereocenters. The molecule has 134 valence electrons. The van der Waals surface area contributed by atoms with E-state index in [1.807, 2.05) is 38.1 Å². The molecule has 1 unspecified atom stereocenters. The summed E-state index contributed by atoms with van der Waals surface area (Å²) >= 11 is 0. The van der Waals surface area contributed by atoms with E-state index in [4.69, 9.17) is 14.2 Å². The van der Waals surface area contributed by atoms with Crippen LogP contribution in [0.5, 0.6) is 5.75 Å². The number of fused-ring (bicyclic) bond motifs is 1. The first-order chi connectivity index (χ1) is 12.1. The van der Waals surface area contributed by atoms with Crippen molar-refractivity contribution in [3.63, 3.8) is 0 Å². The number of benzene rings is 1. The van der Waals surface area contributed by atoms with Crippen molar-refractivity contribution < 1.29 is 19.0 Å². The van der Waals surface area contributed by atoms with Gasteiger partial charge in [0.1, 0.15) is 5.75 Å². The van der Waals surface area contributed by atoms with E-state index in [9.17, 15) is 4.79 Å². The van der Waals surface area contributed by atoms with Crippen molar-refractivity contribution in [3.05, 3.63) is 46.8 Å². The van der Waals surface area contributed by atoms with Crippen LogP contribution in [0.3, 0.4) is 0 Å². The van der Waals surface area contributed by atoms with E-state index in [1.165, 1.54) is 0 Å². The fraction of sp³-hybridized carbons (Fsp3) is 0.444. The van der Waals surface area contributed by atoms with Crippen molar-refractivity contribution in [2.24, 2.45) is 0 Å². The standard InChI is InChI=1S/C18H23N3O4/c1-5-25-13-8-6-12(7-9-13)17-15-11(2)19-20-16(15)18(22)21(17)10-14(23-3)24-4/h6-9,14,17H,5,10H2,1-4H3,(H,19,20). The maximum absolute atomic E-state index is 12.8. The molecule has 0 aliphatic carbocycles. The molecule has 0 spiro atoms. The smallest absolute Gasteiger partial charge is 0.275 e. The molecule has 1 aliphatic rings. The second kappa shape index (κ2) is 7.25. The molecule has 1 aliphatic heterocycles. The number of ether oxygens (including phenoxy) is 3. The summed E-state index contributed by atoms with van der Waals surface area (Å²) < 4.78 is 16.1. The Morgan fingerprint density at radius 2 is 1.92 bits per heavy atom. The Morgan fingerprint density at radius 3 is 2.52 bits per heavy atom. The molecule has 2 aromatic rings. The Labute approximate surface area is 146 Å². The average Bonchev–Trinajstić information content (AvgIpc) is 3.13. The van der Waals surface area contributed by atoms with E-state index in [1.54, 1.807) is 19.1 Å². The lowest BCUT2D eigenvalue weighted by Crippen LogP contribution is -2.38. The summed E-state index contributed by atoms with van der Waals surface area (Å²) in [6.45, 7) is 4.80. The molecule has 1 aromatic carbocycles. The first kappa shape index (κ1) is 17.4. The van der Waals surface area contributed by atoms with E-state index >= 15 is 0 Å². The van der Waals surface area contributed by atoms with Gasteiger partial charge in [-0.3, -0.25) is 9.89 Å². The number of aromatic nitrogens is 2. The average molecular weight is 345 g/mol. The number of nitrogens with zero attached hydrogens (tertiary/aromatic N) is 2. The van der Waals surface area contributed by atoms with Crippen molar-refractivity contribution in [3.8, 4) is 5.75 Å². The van der Waals surface area contributed by atoms with Crippen LogP contribution in [-0.4, -0.2) is 54.7 Å². The third-order valence-corrected chi connectivity index (χ3v) is 4.42. The largest absolute Gasteiger partial charge is 0.494 e. The molecule has 1 amide bonds. The van der Waals surface area contributed by atoms with Gasteiger partial charge in [-0.25, -0.2) is 0 Å². The maximum atomic E-state index is 12.8. The van der Waals surface area contributed by atoms with E-state index in [-0.39, 0.29) is 11.9 Å². The highest BCUT2D eigenvalue weighted by Crippen LogP contribution is 2.39. The minimum Gasteiger partial charge on any atom is -0.494 e. The second-order valence-corrected chi connectivity index (χ2v) is 5.87. The zero-order chi connectivity index (χ0) is 18.0. The van der Waals surface area contributed by atoms with Crippen LogP contribution < -0.4 is 4.74 Å². The van der Waals surface area contributed by atoms with E-state index in [2.05, 4.69) is 10.2 Å². The van der Waals surface area contributed by atoms with Crippen LogP contribution in [0, 0.1) is 6.92 Å². The van der Waals surface area contributed by atoms with Gasteiger partial charge in [0, 0.05) is 25.5 Å². The van der Waals surface area contributed by atoms with Gasteiger partial charge in [0.2, 0.25) is 0 Å². The number of methoxy groups -OCH3 is 2. The van der Waals surface area contributed by atoms with Crippen LogP contribution in [0.15, 0.2) is 24.3 Å². The van der Waals surface area contributed by atoms with Gasteiger partial charge in [-0.1, -0.05) is 12.1 Å². The molecule has 0 bridgehead atoms. The van der Waals surface area contributed by atoms with Crippen molar-refractivity contribution >= 4 is 5.91 Å². The lowest BCUT2D eigenvalue weighted by molar-refractivity contribution is -0.113. The number of hydrogen-bond donors (Lipinski definition) is 1. The summed E-state index contributed by atoms with van der Waals surface area (Å²) in [6, 6.07) is 7.56. The number of H-pyrrole nitrogens is 1. The van der Waals surface area contributed by atoms with Crippen molar-refractivity contribution in [1.29, 1.82) is 0 Å². The van der Waals surface area contributed by atoms with Gasteiger partial charge in [0.15, 0.2) is 12.0 Å². The number of nitrogens with one attached hydrogen (secondary N) is 1. The monoisotopic (exact) mass is 345 g/mol. The molecular formula is C18H23N3O4. The van der Waals surface area contributed by atoms with Gasteiger partial charge in [-0.15, -0.1) is 0 Å². The molecule has 1 aromatic heterocycles. The number of carbonyl (C=O) groups excluding carboxylic acids is 1. The molecule has 7 heteroatoms. The summed E-state index contributed by atoms with van der Waals surface area (Å²) in [7, 11) is 3.12. The molecule has 0 radical (unpaired) electrons. The fourth-order valence-corrected chi connectivity index (χ4v) is 3.20. The van der Waals surface area contributed by atoms with Crippen LogP contribution in [-0.2, 0) is 9.47 Å². The first-order valence-electron chi connectivity index (χ1n) is 8.24.